The van der Waals surface area contributed by atoms with Gasteiger partial charge in [-0.15, -0.1) is 0 Å². The molecule has 1 fully saturated rings. The Balaban J connectivity index is 1.71. The predicted octanol–water partition coefficient (Wildman–Crippen LogP) is 3.14. The zero-order valence-corrected chi connectivity index (χ0v) is 14.7. The number of urea groups is 1. The van der Waals surface area contributed by atoms with E-state index in [0.717, 1.165) is 5.76 Å². The Hall–Kier alpha value is -2.32. The van der Waals surface area contributed by atoms with Crippen LogP contribution in [-0.2, 0) is 16.1 Å². The Morgan fingerprint density at radius 3 is 3.04 bits per heavy atom. The molecular weight excluding hydrogens is 326 g/mol. The quantitative estimate of drug-likeness (QED) is 0.892. The van der Waals surface area contributed by atoms with E-state index in [0.29, 0.717) is 43.7 Å². The first-order valence-corrected chi connectivity index (χ1v) is 8.28. The number of nitrogens with zero attached hydrogens (tertiary/aromatic N) is 2. The SMILES string of the molecule is COCc1ccc(C2COCCN2C(=O)Nc2cc(C(C)C)on2)o1. The summed E-state index contributed by atoms with van der Waals surface area (Å²) in [6.07, 6.45) is 0. The van der Waals surface area contributed by atoms with Crippen LogP contribution in [0.15, 0.2) is 27.1 Å². The minimum absolute atomic E-state index is 0.205. The van der Waals surface area contributed by atoms with E-state index in [1.165, 1.54) is 0 Å². The molecular formula is C17H23N3O5. The highest BCUT2D eigenvalue weighted by molar-refractivity contribution is 5.88. The summed E-state index contributed by atoms with van der Waals surface area (Å²) in [4.78, 5) is 14.4. The molecule has 2 amide bonds. The summed E-state index contributed by atoms with van der Waals surface area (Å²) >= 11 is 0. The summed E-state index contributed by atoms with van der Waals surface area (Å²) in [5, 5.41) is 6.67. The Morgan fingerprint density at radius 2 is 2.32 bits per heavy atom. The van der Waals surface area contributed by atoms with Gasteiger partial charge in [0.25, 0.3) is 0 Å². The first-order chi connectivity index (χ1) is 12.1. The average Bonchev–Trinajstić information content (AvgIpc) is 3.25. The number of amides is 2. The molecule has 0 aromatic carbocycles. The molecule has 1 N–H and O–H groups in total. The summed E-state index contributed by atoms with van der Waals surface area (Å²) in [5.41, 5.74) is 0. The molecule has 1 saturated heterocycles. The van der Waals surface area contributed by atoms with Crippen LogP contribution in [0.25, 0.3) is 0 Å². The van der Waals surface area contributed by atoms with E-state index >= 15 is 0 Å². The second-order valence-corrected chi connectivity index (χ2v) is 6.22. The van der Waals surface area contributed by atoms with Gasteiger partial charge in [-0.25, -0.2) is 4.79 Å². The molecule has 2 aromatic rings. The fourth-order valence-corrected chi connectivity index (χ4v) is 2.68. The normalized spacial score (nSPS) is 17.9. The lowest BCUT2D eigenvalue weighted by Gasteiger charge is -2.34. The number of morpholine rings is 1. The topological polar surface area (TPSA) is 90.0 Å². The van der Waals surface area contributed by atoms with Crippen molar-refractivity contribution in [2.24, 2.45) is 0 Å². The van der Waals surface area contributed by atoms with E-state index in [1.54, 1.807) is 18.1 Å². The van der Waals surface area contributed by atoms with Gasteiger partial charge in [0.15, 0.2) is 5.82 Å². The number of hydrogen-bond donors (Lipinski definition) is 1. The Labute approximate surface area is 146 Å². The van der Waals surface area contributed by atoms with Crippen LogP contribution in [0.2, 0.25) is 0 Å². The van der Waals surface area contributed by atoms with E-state index in [9.17, 15) is 4.79 Å². The van der Waals surface area contributed by atoms with Crippen LogP contribution in [0, 0.1) is 0 Å². The number of nitrogens with one attached hydrogen (secondary N) is 1. The van der Waals surface area contributed by atoms with Crippen LogP contribution < -0.4 is 5.32 Å². The number of anilines is 1. The maximum absolute atomic E-state index is 12.7. The van der Waals surface area contributed by atoms with E-state index in [2.05, 4.69) is 10.5 Å². The molecule has 0 bridgehead atoms. The van der Waals surface area contributed by atoms with Gasteiger partial charge < -0.3 is 23.3 Å². The number of carbonyl (C=O) groups excluding carboxylic acids is 1. The van der Waals surface area contributed by atoms with Crippen LogP contribution in [0.5, 0.6) is 0 Å². The Morgan fingerprint density at radius 1 is 1.48 bits per heavy atom. The summed E-state index contributed by atoms with van der Waals surface area (Å²) < 4.78 is 21.6. The van der Waals surface area contributed by atoms with Crippen molar-refractivity contribution in [2.75, 3.05) is 32.2 Å². The Kier molecular flexibility index (Phi) is 5.40. The van der Waals surface area contributed by atoms with Gasteiger partial charge in [-0.2, -0.15) is 0 Å². The summed E-state index contributed by atoms with van der Waals surface area (Å²) in [5.74, 6) is 2.71. The number of hydrogen-bond acceptors (Lipinski definition) is 6. The molecule has 136 valence electrons. The minimum atomic E-state index is -0.296. The average molecular weight is 349 g/mol. The third kappa shape index (κ3) is 4.02. The number of methoxy groups -OCH3 is 1. The molecule has 1 aliphatic heterocycles. The van der Waals surface area contributed by atoms with Crippen molar-refractivity contribution in [1.82, 2.24) is 10.1 Å². The number of carbonyl (C=O) groups is 1. The van der Waals surface area contributed by atoms with Crippen LogP contribution in [0.1, 0.15) is 43.1 Å². The fourth-order valence-electron chi connectivity index (χ4n) is 2.68. The summed E-state index contributed by atoms with van der Waals surface area (Å²) in [6.45, 7) is 5.70. The lowest BCUT2D eigenvalue weighted by Crippen LogP contribution is -2.45. The largest absolute Gasteiger partial charge is 0.461 e. The monoisotopic (exact) mass is 349 g/mol. The highest BCUT2D eigenvalue weighted by Gasteiger charge is 2.31. The third-order valence-electron chi connectivity index (χ3n) is 4.02. The van der Waals surface area contributed by atoms with Gasteiger partial charge in [0, 0.05) is 25.6 Å². The van der Waals surface area contributed by atoms with Gasteiger partial charge in [0.2, 0.25) is 0 Å². The highest BCUT2D eigenvalue weighted by Crippen LogP contribution is 2.27. The lowest BCUT2D eigenvalue weighted by atomic mass is 10.1. The van der Waals surface area contributed by atoms with Gasteiger partial charge in [-0.05, 0) is 12.1 Å². The summed E-state index contributed by atoms with van der Waals surface area (Å²) in [6, 6.07) is 4.87. The van der Waals surface area contributed by atoms with Crippen molar-refractivity contribution in [3.8, 4) is 0 Å². The standard InChI is InChI=1S/C17H23N3O5/c1-11(2)15-8-16(19-25-15)18-17(21)20-6-7-23-10-13(20)14-5-4-12(24-14)9-22-3/h4-5,8,11,13H,6-7,9-10H2,1-3H3,(H,18,19,21). The zero-order chi connectivity index (χ0) is 17.8. The van der Waals surface area contributed by atoms with Gasteiger partial charge in [0.1, 0.15) is 29.9 Å². The molecule has 0 spiro atoms. The molecule has 0 saturated carbocycles. The van der Waals surface area contributed by atoms with Gasteiger partial charge in [-0.3, -0.25) is 5.32 Å². The first kappa shape index (κ1) is 17.5. The highest BCUT2D eigenvalue weighted by atomic mass is 16.5. The van der Waals surface area contributed by atoms with Crippen LogP contribution in [0.3, 0.4) is 0 Å². The predicted molar refractivity (Wildman–Crippen MR) is 89.3 cm³/mol. The van der Waals surface area contributed by atoms with Crippen LogP contribution in [-0.4, -0.2) is 43.0 Å². The smallest absolute Gasteiger partial charge is 0.323 e. The van der Waals surface area contributed by atoms with Crippen molar-refractivity contribution in [2.45, 2.75) is 32.4 Å². The van der Waals surface area contributed by atoms with E-state index in [4.69, 9.17) is 18.4 Å². The van der Waals surface area contributed by atoms with Gasteiger partial charge in [-0.1, -0.05) is 19.0 Å². The number of aromatic nitrogens is 1. The maximum Gasteiger partial charge on any atom is 0.323 e. The van der Waals surface area contributed by atoms with Crippen molar-refractivity contribution in [3.05, 3.63) is 35.5 Å². The second kappa shape index (κ2) is 7.71. The zero-order valence-electron chi connectivity index (χ0n) is 14.7. The summed E-state index contributed by atoms with van der Waals surface area (Å²) in [7, 11) is 1.61. The lowest BCUT2D eigenvalue weighted by molar-refractivity contribution is 0.00633. The van der Waals surface area contributed by atoms with Crippen molar-refractivity contribution in [1.29, 1.82) is 0 Å². The molecule has 3 rings (SSSR count). The molecule has 25 heavy (non-hydrogen) atoms. The minimum Gasteiger partial charge on any atom is -0.461 e. The molecule has 1 aliphatic rings. The van der Waals surface area contributed by atoms with Gasteiger partial charge in [0.05, 0.1) is 13.2 Å². The molecule has 0 radical (unpaired) electrons. The van der Waals surface area contributed by atoms with Crippen LogP contribution in [0.4, 0.5) is 10.6 Å². The van der Waals surface area contributed by atoms with E-state index in [-0.39, 0.29) is 18.0 Å². The molecule has 8 heteroatoms. The Bertz CT molecular complexity index is 709. The van der Waals surface area contributed by atoms with E-state index in [1.807, 2.05) is 26.0 Å². The maximum atomic E-state index is 12.7. The third-order valence-corrected chi connectivity index (χ3v) is 4.02. The molecule has 1 unspecified atom stereocenters. The molecule has 1 atom stereocenters. The first-order valence-electron chi connectivity index (χ1n) is 8.28. The fraction of sp³-hybridized carbons (Fsp3) is 0.529. The number of rotatable bonds is 5. The van der Waals surface area contributed by atoms with Crippen molar-refractivity contribution < 1.29 is 23.2 Å². The number of furan rings is 1. The van der Waals surface area contributed by atoms with Gasteiger partial charge >= 0.3 is 6.03 Å². The molecule has 2 aromatic heterocycles. The molecule has 0 aliphatic carbocycles. The van der Waals surface area contributed by atoms with Crippen LogP contribution >= 0.6 is 0 Å². The number of ether oxygens (including phenoxy) is 2. The van der Waals surface area contributed by atoms with Crippen molar-refractivity contribution in [3.63, 3.8) is 0 Å². The second-order valence-electron chi connectivity index (χ2n) is 6.22. The van der Waals surface area contributed by atoms with Crippen molar-refractivity contribution >= 4 is 11.8 Å². The molecule has 3 heterocycles. The van der Waals surface area contributed by atoms with E-state index < -0.39 is 0 Å². The molecule has 8 nitrogen and oxygen atoms in total.